The zero-order chi connectivity index (χ0) is 16.7. The van der Waals surface area contributed by atoms with Crippen molar-refractivity contribution >= 4 is 26.8 Å². The molecule has 1 N–H and O–H groups in total. The predicted molar refractivity (Wildman–Crippen MR) is 88.2 cm³/mol. The van der Waals surface area contributed by atoms with Crippen molar-refractivity contribution in [2.45, 2.75) is 38.0 Å². The molecule has 1 atom stereocenters. The first-order valence-corrected chi connectivity index (χ1v) is 9.17. The van der Waals surface area contributed by atoms with Crippen molar-refractivity contribution in [2.75, 3.05) is 0 Å². The Balaban J connectivity index is 1.74. The fourth-order valence-corrected chi connectivity index (χ4v) is 4.12. The minimum Gasteiger partial charge on any atom is -0.274 e. The summed E-state index contributed by atoms with van der Waals surface area (Å²) >= 11 is 0. The number of benzene rings is 1. The Labute approximate surface area is 136 Å². The largest absolute Gasteiger partial charge is 0.274 e. The maximum absolute atomic E-state index is 12.5. The second kappa shape index (κ2) is 5.60. The third kappa shape index (κ3) is 3.37. The van der Waals surface area contributed by atoms with Crippen LogP contribution in [0.1, 0.15) is 33.1 Å². The van der Waals surface area contributed by atoms with Crippen LogP contribution in [0.3, 0.4) is 0 Å². The van der Waals surface area contributed by atoms with Crippen molar-refractivity contribution in [2.24, 2.45) is 11.3 Å². The Kier molecular flexibility index (Phi) is 3.88. The van der Waals surface area contributed by atoms with Gasteiger partial charge in [-0.15, -0.1) is 0 Å². The summed E-state index contributed by atoms with van der Waals surface area (Å²) in [6.07, 6.45) is 3.59. The van der Waals surface area contributed by atoms with Gasteiger partial charge >= 0.3 is 0 Å². The molecule has 2 aromatic rings. The van der Waals surface area contributed by atoms with Crippen LogP contribution < -0.4 is 4.72 Å². The predicted octanol–water partition coefficient (Wildman–Crippen LogP) is 2.87. The molecule has 0 radical (unpaired) electrons. The maximum atomic E-state index is 12.5. The van der Waals surface area contributed by atoms with E-state index in [1.54, 1.807) is 30.5 Å². The van der Waals surface area contributed by atoms with Crippen molar-refractivity contribution in [1.29, 1.82) is 0 Å². The van der Waals surface area contributed by atoms with Crippen LogP contribution in [-0.4, -0.2) is 19.3 Å². The van der Waals surface area contributed by atoms with Gasteiger partial charge in [0.1, 0.15) is 4.90 Å². The van der Waals surface area contributed by atoms with Gasteiger partial charge in [-0.1, -0.05) is 32.0 Å². The number of pyridine rings is 1. The van der Waals surface area contributed by atoms with Gasteiger partial charge < -0.3 is 0 Å². The average Bonchev–Trinajstić information content (AvgIpc) is 3.11. The zero-order valence-corrected chi connectivity index (χ0v) is 14.1. The van der Waals surface area contributed by atoms with Gasteiger partial charge in [-0.25, -0.2) is 13.1 Å². The first-order chi connectivity index (χ1) is 10.8. The van der Waals surface area contributed by atoms with Gasteiger partial charge in [-0.3, -0.25) is 9.78 Å². The summed E-state index contributed by atoms with van der Waals surface area (Å²) in [7, 11) is -3.90. The third-order valence-electron chi connectivity index (χ3n) is 4.57. The van der Waals surface area contributed by atoms with Gasteiger partial charge in [-0.05, 0) is 36.3 Å². The highest BCUT2D eigenvalue weighted by molar-refractivity contribution is 7.90. The molecular weight excluding hydrogens is 312 g/mol. The van der Waals surface area contributed by atoms with Crippen LogP contribution in [0.25, 0.3) is 10.9 Å². The highest BCUT2D eigenvalue weighted by Gasteiger charge is 2.44. The Bertz CT molecular complexity index is 854. The summed E-state index contributed by atoms with van der Waals surface area (Å²) in [6, 6.07) is 8.44. The minimum absolute atomic E-state index is 0.0377. The third-order valence-corrected chi connectivity index (χ3v) is 5.98. The summed E-state index contributed by atoms with van der Waals surface area (Å²) in [5.74, 6) is 0.0517. The summed E-state index contributed by atoms with van der Waals surface area (Å²) in [5.41, 5.74) is 0.664. The van der Waals surface area contributed by atoms with E-state index in [9.17, 15) is 13.2 Å². The summed E-state index contributed by atoms with van der Waals surface area (Å²) in [5, 5.41) is 0.725. The number of amides is 1. The van der Waals surface area contributed by atoms with Crippen LogP contribution in [0.2, 0.25) is 0 Å². The van der Waals surface area contributed by atoms with Crippen LogP contribution in [0.4, 0.5) is 0 Å². The molecule has 1 aromatic heterocycles. The molecule has 3 rings (SSSR count). The first kappa shape index (κ1) is 15.9. The van der Waals surface area contributed by atoms with Gasteiger partial charge in [0.15, 0.2) is 0 Å². The smallest absolute Gasteiger partial charge is 0.266 e. The Hall–Kier alpha value is -1.95. The van der Waals surface area contributed by atoms with Gasteiger partial charge in [0.25, 0.3) is 10.0 Å². The molecule has 0 aliphatic heterocycles. The molecule has 0 saturated heterocycles. The lowest BCUT2D eigenvalue weighted by molar-refractivity contribution is -0.119. The van der Waals surface area contributed by atoms with Crippen LogP contribution in [0.15, 0.2) is 41.4 Å². The van der Waals surface area contributed by atoms with E-state index in [-0.39, 0.29) is 11.3 Å². The number of rotatable bonds is 5. The molecule has 122 valence electrons. The van der Waals surface area contributed by atoms with E-state index in [1.165, 1.54) is 6.07 Å². The maximum Gasteiger partial charge on any atom is 0.266 e. The van der Waals surface area contributed by atoms with Crippen LogP contribution in [0.5, 0.6) is 0 Å². The standard InChI is InChI=1S/C17H20N2O3S/c1-17(2)11-13(17)8-9-15(20)19-23(21,22)14-7-3-5-12-6-4-10-18-16(12)14/h3-7,10,13H,8-9,11H2,1-2H3,(H,19,20). The normalized spacial score (nSPS) is 19.5. The molecule has 1 aliphatic carbocycles. The van der Waals surface area contributed by atoms with Crippen molar-refractivity contribution in [3.63, 3.8) is 0 Å². The number of aromatic nitrogens is 1. The van der Waals surface area contributed by atoms with Gasteiger partial charge in [0.05, 0.1) is 5.52 Å². The van der Waals surface area contributed by atoms with E-state index >= 15 is 0 Å². The molecular formula is C17H20N2O3S. The molecule has 1 aliphatic rings. The fourth-order valence-electron chi connectivity index (χ4n) is 2.92. The summed E-state index contributed by atoms with van der Waals surface area (Å²) < 4.78 is 27.1. The molecule has 6 heteroatoms. The lowest BCUT2D eigenvalue weighted by Gasteiger charge is -2.09. The molecule has 1 aromatic carbocycles. The molecule has 1 fully saturated rings. The lowest BCUT2D eigenvalue weighted by atomic mass is 10.1. The number of carbonyl (C=O) groups excluding carboxylic acids is 1. The van der Waals surface area contributed by atoms with E-state index in [1.807, 2.05) is 0 Å². The first-order valence-electron chi connectivity index (χ1n) is 7.69. The Morgan fingerprint density at radius 1 is 1.30 bits per heavy atom. The molecule has 0 bridgehead atoms. The molecule has 5 nitrogen and oxygen atoms in total. The van der Waals surface area contributed by atoms with E-state index in [4.69, 9.17) is 0 Å². The average molecular weight is 332 g/mol. The summed E-state index contributed by atoms with van der Waals surface area (Å²) in [6.45, 7) is 4.32. The Morgan fingerprint density at radius 2 is 2.00 bits per heavy atom. The monoisotopic (exact) mass is 332 g/mol. The second-order valence-electron chi connectivity index (χ2n) is 6.79. The quantitative estimate of drug-likeness (QED) is 0.913. The van der Waals surface area contributed by atoms with E-state index in [0.29, 0.717) is 16.8 Å². The van der Waals surface area contributed by atoms with E-state index < -0.39 is 15.9 Å². The fraction of sp³-hybridized carbons (Fsp3) is 0.412. The topological polar surface area (TPSA) is 76.1 Å². The number of sulfonamides is 1. The van der Waals surface area contributed by atoms with Gasteiger partial charge in [-0.2, -0.15) is 0 Å². The molecule has 1 saturated carbocycles. The van der Waals surface area contributed by atoms with Crippen LogP contribution >= 0.6 is 0 Å². The number of carbonyl (C=O) groups is 1. The summed E-state index contributed by atoms with van der Waals surface area (Å²) in [4.78, 5) is 16.2. The number of nitrogens with zero attached hydrogens (tertiary/aromatic N) is 1. The van der Waals surface area contributed by atoms with Crippen molar-refractivity contribution in [1.82, 2.24) is 9.71 Å². The zero-order valence-electron chi connectivity index (χ0n) is 13.2. The van der Waals surface area contributed by atoms with E-state index in [0.717, 1.165) is 18.2 Å². The van der Waals surface area contributed by atoms with E-state index in [2.05, 4.69) is 23.6 Å². The highest BCUT2D eigenvalue weighted by Crippen LogP contribution is 2.54. The van der Waals surface area contributed by atoms with Crippen molar-refractivity contribution < 1.29 is 13.2 Å². The molecule has 1 unspecified atom stereocenters. The number of hydrogen-bond donors (Lipinski definition) is 1. The van der Waals surface area contributed by atoms with Gasteiger partial charge in [0.2, 0.25) is 5.91 Å². The lowest BCUT2D eigenvalue weighted by Crippen LogP contribution is -2.30. The van der Waals surface area contributed by atoms with Gasteiger partial charge in [0, 0.05) is 18.0 Å². The van der Waals surface area contributed by atoms with Crippen LogP contribution in [-0.2, 0) is 14.8 Å². The molecule has 0 spiro atoms. The number of para-hydroxylation sites is 1. The second-order valence-corrected chi connectivity index (χ2v) is 8.44. The molecule has 1 heterocycles. The molecule has 1 amide bonds. The van der Waals surface area contributed by atoms with Crippen molar-refractivity contribution in [3.05, 3.63) is 36.5 Å². The highest BCUT2D eigenvalue weighted by atomic mass is 32.2. The number of nitrogens with one attached hydrogen (secondary N) is 1. The molecule has 23 heavy (non-hydrogen) atoms. The van der Waals surface area contributed by atoms with Crippen molar-refractivity contribution in [3.8, 4) is 0 Å². The van der Waals surface area contributed by atoms with Crippen LogP contribution in [0, 0.1) is 11.3 Å². The minimum atomic E-state index is -3.90. The number of fused-ring (bicyclic) bond motifs is 1. The SMILES string of the molecule is CC1(C)CC1CCC(=O)NS(=O)(=O)c1cccc2cccnc12. The Morgan fingerprint density at radius 3 is 2.70 bits per heavy atom. The number of hydrogen-bond acceptors (Lipinski definition) is 4.